The molecule has 0 radical (unpaired) electrons. The Bertz CT molecular complexity index is 1140. The Balaban J connectivity index is 1.51. The van der Waals surface area contributed by atoms with Crippen molar-refractivity contribution in [1.82, 2.24) is 19.2 Å². The molecule has 2 aromatic carbocycles. The van der Waals surface area contributed by atoms with Crippen molar-refractivity contribution in [2.75, 3.05) is 32.5 Å². The number of aromatic nitrogens is 2. The monoisotopic (exact) mass is 443 g/mol. The maximum Gasteiger partial charge on any atom is 0.242 e. The standard InChI is InChI=1S/C22H29N5O3S/c1-26(2)31(29,30)18-10-11-20-19(16-18)25-21(27(20)3)12-13-22(28)24-15-7-14-23-17-8-5-4-6-9-17/h4-6,8-11,16,23H,7,12-15H2,1-3H3,(H,24,28). The first kappa shape index (κ1) is 22.8. The van der Waals surface area contributed by atoms with Crippen molar-refractivity contribution in [3.05, 3.63) is 54.4 Å². The van der Waals surface area contributed by atoms with Crippen LogP contribution in [0.15, 0.2) is 53.4 Å². The van der Waals surface area contributed by atoms with Crippen LogP contribution in [0.5, 0.6) is 0 Å². The summed E-state index contributed by atoms with van der Waals surface area (Å²) in [4.78, 5) is 16.9. The molecule has 31 heavy (non-hydrogen) atoms. The third-order valence-electron chi connectivity index (χ3n) is 5.08. The lowest BCUT2D eigenvalue weighted by Gasteiger charge is -2.10. The first-order valence-corrected chi connectivity index (χ1v) is 11.7. The van der Waals surface area contributed by atoms with Crippen LogP contribution in [0.3, 0.4) is 0 Å². The van der Waals surface area contributed by atoms with E-state index in [1.807, 2.05) is 41.9 Å². The SMILES string of the molecule is CN(C)S(=O)(=O)c1ccc2c(c1)nc(CCC(=O)NCCCNc1ccccc1)n2C. The highest BCUT2D eigenvalue weighted by Gasteiger charge is 2.19. The quantitative estimate of drug-likeness (QED) is 0.469. The van der Waals surface area contributed by atoms with Crippen LogP contribution in [0.4, 0.5) is 5.69 Å². The second-order valence-electron chi connectivity index (χ2n) is 7.52. The van der Waals surface area contributed by atoms with Gasteiger partial charge >= 0.3 is 0 Å². The molecule has 166 valence electrons. The van der Waals surface area contributed by atoms with Gasteiger partial charge in [0.2, 0.25) is 15.9 Å². The van der Waals surface area contributed by atoms with Gasteiger partial charge in [0, 0.05) is 52.8 Å². The molecule has 0 aliphatic heterocycles. The molecular formula is C22H29N5O3S. The van der Waals surface area contributed by atoms with Crippen molar-refractivity contribution in [3.63, 3.8) is 0 Å². The lowest BCUT2D eigenvalue weighted by molar-refractivity contribution is -0.121. The summed E-state index contributed by atoms with van der Waals surface area (Å²) in [5.41, 5.74) is 2.50. The molecule has 1 amide bonds. The predicted molar refractivity (Wildman–Crippen MR) is 122 cm³/mol. The smallest absolute Gasteiger partial charge is 0.242 e. The maximum atomic E-state index is 12.3. The van der Waals surface area contributed by atoms with Crippen LogP contribution in [-0.4, -0.2) is 55.4 Å². The number of aryl methyl sites for hydroxylation is 2. The van der Waals surface area contributed by atoms with Crippen LogP contribution in [0.2, 0.25) is 0 Å². The average molecular weight is 444 g/mol. The molecule has 0 bridgehead atoms. The lowest BCUT2D eigenvalue weighted by atomic mass is 10.2. The summed E-state index contributed by atoms with van der Waals surface area (Å²) in [6, 6.07) is 14.9. The number of benzene rings is 2. The zero-order valence-electron chi connectivity index (χ0n) is 18.1. The van der Waals surface area contributed by atoms with Crippen molar-refractivity contribution in [3.8, 4) is 0 Å². The van der Waals surface area contributed by atoms with E-state index in [4.69, 9.17) is 0 Å². The number of anilines is 1. The second-order valence-corrected chi connectivity index (χ2v) is 9.67. The van der Waals surface area contributed by atoms with Crippen LogP contribution >= 0.6 is 0 Å². The molecule has 0 fully saturated rings. The van der Waals surface area contributed by atoms with Gasteiger partial charge in [0.15, 0.2) is 0 Å². The molecule has 1 heterocycles. The van der Waals surface area contributed by atoms with E-state index >= 15 is 0 Å². The minimum atomic E-state index is -3.52. The Morgan fingerprint density at radius 1 is 1.10 bits per heavy atom. The van der Waals surface area contributed by atoms with Gasteiger partial charge < -0.3 is 15.2 Å². The molecule has 0 unspecified atom stereocenters. The summed E-state index contributed by atoms with van der Waals surface area (Å²) < 4.78 is 27.8. The molecule has 0 aliphatic carbocycles. The van der Waals surface area contributed by atoms with Gasteiger partial charge in [-0.2, -0.15) is 0 Å². The number of nitrogens with one attached hydrogen (secondary N) is 2. The van der Waals surface area contributed by atoms with Crippen LogP contribution in [0, 0.1) is 0 Å². The number of hydrogen-bond acceptors (Lipinski definition) is 5. The molecule has 0 saturated carbocycles. The van der Waals surface area contributed by atoms with Crippen LogP contribution in [0.1, 0.15) is 18.7 Å². The summed E-state index contributed by atoms with van der Waals surface area (Å²) in [5.74, 6) is 0.720. The minimum absolute atomic E-state index is 0.0253. The Morgan fingerprint density at radius 2 is 1.84 bits per heavy atom. The molecular weight excluding hydrogens is 414 g/mol. The first-order chi connectivity index (χ1) is 14.8. The van der Waals surface area contributed by atoms with E-state index in [-0.39, 0.29) is 10.8 Å². The van der Waals surface area contributed by atoms with Gasteiger partial charge in [-0.05, 0) is 36.8 Å². The number of sulfonamides is 1. The largest absolute Gasteiger partial charge is 0.385 e. The highest BCUT2D eigenvalue weighted by molar-refractivity contribution is 7.89. The van der Waals surface area contributed by atoms with Gasteiger partial charge in [-0.3, -0.25) is 4.79 Å². The summed E-state index contributed by atoms with van der Waals surface area (Å²) in [6.45, 7) is 1.39. The number of carbonyl (C=O) groups is 1. The van der Waals surface area contributed by atoms with Gasteiger partial charge in [-0.15, -0.1) is 0 Å². The number of carbonyl (C=O) groups excluding carboxylic acids is 1. The number of rotatable bonds is 10. The maximum absolute atomic E-state index is 12.3. The van der Waals surface area contributed by atoms with Crippen LogP contribution in [-0.2, 0) is 28.3 Å². The van der Waals surface area contributed by atoms with Crippen molar-refractivity contribution in [1.29, 1.82) is 0 Å². The number of hydrogen-bond donors (Lipinski definition) is 2. The molecule has 1 aromatic heterocycles. The number of fused-ring (bicyclic) bond motifs is 1. The Morgan fingerprint density at radius 3 is 2.55 bits per heavy atom. The van der Waals surface area contributed by atoms with Crippen molar-refractivity contribution < 1.29 is 13.2 Å². The zero-order valence-corrected chi connectivity index (χ0v) is 18.9. The van der Waals surface area contributed by atoms with Crippen molar-refractivity contribution >= 4 is 32.7 Å². The van der Waals surface area contributed by atoms with E-state index in [0.29, 0.717) is 24.9 Å². The molecule has 0 saturated heterocycles. The summed E-state index contributed by atoms with van der Waals surface area (Å²) in [6.07, 6.45) is 1.64. The summed E-state index contributed by atoms with van der Waals surface area (Å²) in [5, 5.41) is 6.24. The Hall–Kier alpha value is -2.91. The van der Waals surface area contributed by atoms with E-state index in [9.17, 15) is 13.2 Å². The summed E-state index contributed by atoms with van der Waals surface area (Å²) in [7, 11) is 1.36. The van der Waals surface area contributed by atoms with E-state index in [1.165, 1.54) is 18.4 Å². The van der Waals surface area contributed by atoms with E-state index < -0.39 is 10.0 Å². The first-order valence-electron chi connectivity index (χ1n) is 10.2. The van der Waals surface area contributed by atoms with Gasteiger partial charge in [-0.25, -0.2) is 17.7 Å². The molecule has 0 spiro atoms. The third kappa shape index (κ3) is 5.62. The van der Waals surface area contributed by atoms with Gasteiger partial charge in [0.25, 0.3) is 0 Å². The van der Waals surface area contributed by atoms with Gasteiger partial charge in [-0.1, -0.05) is 18.2 Å². The van der Waals surface area contributed by atoms with Crippen LogP contribution in [0.25, 0.3) is 11.0 Å². The minimum Gasteiger partial charge on any atom is -0.385 e. The Kier molecular flexibility index (Phi) is 7.29. The number of para-hydroxylation sites is 1. The van der Waals surface area contributed by atoms with E-state index in [1.54, 1.807) is 18.2 Å². The number of nitrogens with zero attached hydrogens (tertiary/aromatic N) is 3. The normalized spacial score (nSPS) is 11.7. The molecule has 0 atom stereocenters. The lowest BCUT2D eigenvalue weighted by Crippen LogP contribution is -2.26. The second kappa shape index (κ2) is 9.93. The average Bonchev–Trinajstić information content (AvgIpc) is 3.07. The van der Waals surface area contributed by atoms with Crippen molar-refractivity contribution in [2.45, 2.75) is 24.2 Å². The molecule has 9 heteroatoms. The summed E-state index contributed by atoms with van der Waals surface area (Å²) >= 11 is 0. The fourth-order valence-electron chi connectivity index (χ4n) is 3.24. The molecule has 8 nitrogen and oxygen atoms in total. The molecule has 2 N–H and O–H groups in total. The molecule has 0 aliphatic rings. The fourth-order valence-corrected chi connectivity index (χ4v) is 4.17. The number of imidazole rings is 1. The fraction of sp³-hybridized carbons (Fsp3) is 0.364. The van der Waals surface area contributed by atoms with E-state index in [2.05, 4.69) is 15.6 Å². The van der Waals surface area contributed by atoms with Gasteiger partial charge in [0.05, 0.1) is 15.9 Å². The highest BCUT2D eigenvalue weighted by Crippen LogP contribution is 2.21. The molecule has 3 aromatic rings. The topological polar surface area (TPSA) is 96.3 Å². The van der Waals surface area contributed by atoms with Gasteiger partial charge in [0.1, 0.15) is 5.82 Å². The Labute approximate surface area is 183 Å². The van der Waals surface area contributed by atoms with Crippen molar-refractivity contribution in [2.24, 2.45) is 7.05 Å². The molecule has 3 rings (SSSR count). The van der Waals surface area contributed by atoms with E-state index in [0.717, 1.165) is 30.0 Å². The van der Waals surface area contributed by atoms with Crippen LogP contribution < -0.4 is 10.6 Å². The highest BCUT2D eigenvalue weighted by atomic mass is 32.2. The number of amides is 1. The third-order valence-corrected chi connectivity index (χ3v) is 6.89. The predicted octanol–water partition coefficient (Wildman–Crippen LogP) is 2.37. The zero-order chi connectivity index (χ0) is 22.4.